The number of rotatable bonds is 5. The molecule has 1 aromatic heterocycles. The molecule has 0 fully saturated rings. The number of benzene rings is 1. The number of H-pyrrole nitrogens is 1. The zero-order valence-corrected chi connectivity index (χ0v) is 12.4. The first-order valence-corrected chi connectivity index (χ1v) is 7.73. The number of hydrogen-bond acceptors (Lipinski definition) is 4. The molecule has 0 aliphatic carbocycles. The summed E-state index contributed by atoms with van der Waals surface area (Å²) in [7, 11) is -3.88. The predicted octanol–water partition coefficient (Wildman–Crippen LogP) is 1.78. The quantitative estimate of drug-likeness (QED) is 0.779. The molecule has 0 saturated heterocycles. The summed E-state index contributed by atoms with van der Waals surface area (Å²) in [4.78, 5) is 10.9. The molecule has 1 aromatic carbocycles. The van der Waals surface area contributed by atoms with E-state index in [1.807, 2.05) is 6.92 Å². The van der Waals surface area contributed by atoms with Crippen LogP contribution < -0.4 is 4.72 Å². The van der Waals surface area contributed by atoms with Gasteiger partial charge in [-0.2, -0.15) is 5.10 Å². The average Bonchev–Trinajstić information content (AvgIpc) is 2.85. The number of nitrogens with one attached hydrogen (secondary N) is 2. The van der Waals surface area contributed by atoms with Gasteiger partial charge in [0.25, 0.3) is 10.0 Å². The van der Waals surface area contributed by atoms with Crippen LogP contribution >= 0.6 is 0 Å². The molecule has 2 rings (SSSR count). The number of anilines is 1. The van der Waals surface area contributed by atoms with E-state index in [4.69, 9.17) is 5.11 Å². The SMILES string of the molecule is CCc1cc(NS(=O)(=O)c2ccc(C)c(C(=O)O)c2)n[nH]1. The second kappa shape index (κ2) is 5.57. The van der Waals surface area contributed by atoms with Crippen LogP contribution in [0.1, 0.15) is 28.5 Å². The van der Waals surface area contributed by atoms with Gasteiger partial charge in [0.1, 0.15) is 0 Å². The van der Waals surface area contributed by atoms with Crippen LogP contribution in [0.3, 0.4) is 0 Å². The van der Waals surface area contributed by atoms with Crippen LogP contribution in [0.2, 0.25) is 0 Å². The number of aromatic nitrogens is 2. The molecule has 2 aromatic rings. The van der Waals surface area contributed by atoms with E-state index in [9.17, 15) is 13.2 Å². The Labute approximate surface area is 122 Å². The molecule has 0 radical (unpaired) electrons. The highest BCUT2D eigenvalue weighted by Gasteiger charge is 2.18. The highest BCUT2D eigenvalue weighted by Crippen LogP contribution is 2.19. The van der Waals surface area contributed by atoms with E-state index in [0.29, 0.717) is 12.0 Å². The van der Waals surface area contributed by atoms with Gasteiger partial charge in [-0.1, -0.05) is 13.0 Å². The van der Waals surface area contributed by atoms with Crippen LogP contribution in [0.4, 0.5) is 5.82 Å². The third-order valence-corrected chi connectivity index (χ3v) is 4.35. The van der Waals surface area contributed by atoms with Crippen molar-refractivity contribution in [3.05, 3.63) is 41.1 Å². The number of carboxylic acid groups (broad SMARTS) is 1. The Hall–Kier alpha value is -2.35. The van der Waals surface area contributed by atoms with Gasteiger partial charge in [-0.05, 0) is 31.0 Å². The first-order valence-electron chi connectivity index (χ1n) is 6.24. The van der Waals surface area contributed by atoms with Gasteiger partial charge in [-0.3, -0.25) is 9.82 Å². The molecule has 0 aliphatic heterocycles. The lowest BCUT2D eigenvalue weighted by molar-refractivity contribution is 0.0696. The van der Waals surface area contributed by atoms with Gasteiger partial charge in [0.15, 0.2) is 5.82 Å². The van der Waals surface area contributed by atoms with Gasteiger partial charge >= 0.3 is 5.97 Å². The van der Waals surface area contributed by atoms with Crippen molar-refractivity contribution in [3.63, 3.8) is 0 Å². The Morgan fingerprint density at radius 2 is 2.10 bits per heavy atom. The van der Waals surface area contributed by atoms with Gasteiger partial charge < -0.3 is 5.11 Å². The summed E-state index contributed by atoms with van der Waals surface area (Å²) < 4.78 is 26.8. The second-order valence-corrected chi connectivity index (χ2v) is 6.20. The van der Waals surface area contributed by atoms with Gasteiger partial charge in [0, 0.05) is 11.8 Å². The Bertz CT molecular complexity index is 780. The molecule has 1 heterocycles. The van der Waals surface area contributed by atoms with Gasteiger partial charge in [0.05, 0.1) is 10.5 Å². The Kier molecular flexibility index (Phi) is 3.99. The molecule has 0 atom stereocenters. The number of sulfonamides is 1. The topological polar surface area (TPSA) is 112 Å². The molecule has 0 amide bonds. The maximum Gasteiger partial charge on any atom is 0.335 e. The van der Waals surface area contributed by atoms with Crippen LogP contribution in [0.5, 0.6) is 0 Å². The van der Waals surface area contributed by atoms with Crippen molar-refractivity contribution >= 4 is 21.8 Å². The average molecular weight is 309 g/mol. The van der Waals surface area contributed by atoms with Crippen LogP contribution in [0, 0.1) is 6.92 Å². The molecule has 21 heavy (non-hydrogen) atoms. The molecule has 0 spiro atoms. The molecule has 7 nitrogen and oxygen atoms in total. The van der Waals surface area contributed by atoms with Crippen LogP contribution in [-0.4, -0.2) is 29.7 Å². The lowest BCUT2D eigenvalue weighted by Crippen LogP contribution is -2.14. The minimum Gasteiger partial charge on any atom is -0.478 e. The first kappa shape index (κ1) is 15.0. The lowest BCUT2D eigenvalue weighted by Gasteiger charge is -2.07. The molecule has 0 unspecified atom stereocenters. The third-order valence-electron chi connectivity index (χ3n) is 3.00. The fraction of sp³-hybridized carbons (Fsp3) is 0.231. The number of aryl methyl sites for hydroxylation is 2. The molecular formula is C13H15N3O4S. The molecular weight excluding hydrogens is 294 g/mol. The summed E-state index contributed by atoms with van der Waals surface area (Å²) in [5.74, 6) is -0.998. The Balaban J connectivity index is 2.35. The fourth-order valence-corrected chi connectivity index (χ4v) is 2.81. The zero-order valence-electron chi connectivity index (χ0n) is 11.5. The van der Waals surface area contributed by atoms with Crippen molar-refractivity contribution in [2.75, 3.05) is 4.72 Å². The maximum atomic E-state index is 12.2. The Morgan fingerprint density at radius 3 is 2.67 bits per heavy atom. The van der Waals surface area contributed by atoms with Crippen molar-refractivity contribution in [3.8, 4) is 0 Å². The van der Waals surface area contributed by atoms with Gasteiger partial charge in [0.2, 0.25) is 0 Å². The monoisotopic (exact) mass is 309 g/mol. The summed E-state index contributed by atoms with van der Waals surface area (Å²) in [5, 5.41) is 15.6. The highest BCUT2D eigenvalue weighted by molar-refractivity contribution is 7.92. The van der Waals surface area contributed by atoms with E-state index in [1.165, 1.54) is 12.1 Å². The van der Waals surface area contributed by atoms with E-state index >= 15 is 0 Å². The minimum atomic E-state index is -3.88. The van der Waals surface area contributed by atoms with Crippen molar-refractivity contribution in [2.24, 2.45) is 0 Å². The molecule has 8 heteroatoms. The normalized spacial score (nSPS) is 11.3. The van der Waals surface area contributed by atoms with Crippen molar-refractivity contribution in [2.45, 2.75) is 25.2 Å². The fourth-order valence-electron chi connectivity index (χ4n) is 1.79. The van der Waals surface area contributed by atoms with E-state index in [2.05, 4.69) is 14.9 Å². The third kappa shape index (κ3) is 3.22. The molecule has 3 N–H and O–H groups in total. The zero-order chi connectivity index (χ0) is 15.6. The van der Waals surface area contributed by atoms with Gasteiger partial charge in [-0.25, -0.2) is 13.2 Å². The minimum absolute atomic E-state index is 0.0471. The largest absolute Gasteiger partial charge is 0.478 e. The van der Waals surface area contributed by atoms with E-state index in [0.717, 1.165) is 11.8 Å². The van der Waals surface area contributed by atoms with E-state index in [-0.39, 0.29) is 16.3 Å². The first-order chi connectivity index (χ1) is 9.83. The molecule has 112 valence electrons. The Morgan fingerprint density at radius 1 is 1.38 bits per heavy atom. The molecule has 0 saturated carbocycles. The smallest absolute Gasteiger partial charge is 0.335 e. The standard InChI is InChI=1S/C13H15N3O4S/c1-3-9-6-12(15-14-9)16-21(19,20)10-5-4-8(2)11(7-10)13(17)18/h4-7H,3H2,1-2H3,(H,17,18)(H2,14,15,16). The van der Waals surface area contributed by atoms with Crippen LogP contribution in [-0.2, 0) is 16.4 Å². The summed E-state index contributed by atoms with van der Waals surface area (Å²) in [6.07, 6.45) is 0.697. The molecule has 0 bridgehead atoms. The van der Waals surface area contributed by atoms with Crippen LogP contribution in [0.25, 0.3) is 0 Å². The maximum absolute atomic E-state index is 12.2. The second-order valence-electron chi connectivity index (χ2n) is 4.52. The number of carboxylic acids is 1. The van der Waals surface area contributed by atoms with Crippen molar-refractivity contribution < 1.29 is 18.3 Å². The number of aromatic carboxylic acids is 1. The van der Waals surface area contributed by atoms with Crippen molar-refractivity contribution in [1.29, 1.82) is 0 Å². The number of nitrogens with zero attached hydrogens (tertiary/aromatic N) is 1. The van der Waals surface area contributed by atoms with Gasteiger partial charge in [-0.15, -0.1) is 0 Å². The number of aromatic amines is 1. The van der Waals surface area contributed by atoms with Crippen LogP contribution in [0.15, 0.2) is 29.2 Å². The summed E-state index contributed by atoms with van der Waals surface area (Å²) in [6, 6.07) is 5.54. The van der Waals surface area contributed by atoms with Crippen molar-refractivity contribution in [1.82, 2.24) is 10.2 Å². The summed E-state index contributed by atoms with van der Waals surface area (Å²) in [5.41, 5.74) is 1.24. The predicted molar refractivity (Wildman–Crippen MR) is 76.9 cm³/mol. The number of carbonyl (C=O) groups is 1. The van der Waals surface area contributed by atoms with E-state index in [1.54, 1.807) is 13.0 Å². The number of hydrogen-bond donors (Lipinski definition) is 3. The summed E-state index contributed by atoms with van der Waals surface area (Å²) >= 11 is 0. The highest BCUT2D eigenvalue weighted by atomic mass is 32.2. The van der Waals surface area contributed by atoms with E-state index < -0.39 is 16.0 Å². The lowest BCUT2D eigenvalue weighted by atomic mass is 10.1. The summed E-state index contributed by atoms with van der Waals surface area (Å²) in [6.45, 7) is 3.51. The molecule has 0 aliphatic rings.